The van der Waals surface area contributed by atoms with Crippen molar-refractivity contribution in [3.8, 4) is 11.1 Å². The van der Waals surface area contributed by atoms with Crippen LogP contribution in [0.15, 0.2) is 66.9 Å². The number of hydrogen-bond acceptors (Lipinski definition) is 4. The van der Waals surface area contributed by atoms with E-state index in [1.54, 1.807) is 6.07 Å². The van der Waals surface area contributed by atoms with E-state index in [4.69, 9.17) is 4.74 Å². The Morgan fingerprint density at radius 3 is 2.36 bits per heavy atom. The average molecular weight is 376 g/mol. The predicted octanol–water partition coefficient (Wildman–Crippen LogP) is 4.07. The van der Waals surface area contributed by atoms with E-state index in [2.05, 4.69) is 10.3 Å². The van der Waals surface area contributed by atoms with E-state index in [0.717, 1.165) is 11.1 Å². The summed E-state index contributed by atoms with van der Waals surface area (Å²) in [5.41, 5.74) is 2.95. The molecule has 1 aromatic heterocycles. The van der Waals surface area contributed by atoms with Gasteiger partial charge in [0.25, 0.3) is 5.91 Å². The van der Waals surface area contributed by atoms with Gasteiger partial charge in [0.2, 0.25) is 0 Å². The normalized spacial score (nSPS) is 11.5. The topological polar surface area (TPSA) is 88.3 Å². The molecule has 3 aromatic rings. The minimum absolute atomic E-state index is 0.120. The number of esters is 1. The first-order chi connectivity index (χ1) is 13.5. The second kappa shape index (κ2) is 8.35. The van der Waals surface area contributed by atoms with Crippen LogP contribution in [0, 0.1) is 0 Å². The maximum atomic E-state index is 12.5. The molecule has 3 rings (SSSR count). The van der Waals surface area contributed by atoms with Crippen LogP contribution in [-0.4, -0.2) is 28.7 Å². The van der Waals surface area contributed by atoms with Gasteiger partial charge in [0.05, 0.1) is 0 Å². The summed E-state index contributed by atoms with van der Waals surface area (Å²) in [6.45, 7) is 2.89. The highest BCUT2D eigenvalue weighted by Crippen LogP contribution is 2.27. The number of benzene rings is 2. The summed E-state index contributed by atoms with van der Waals surface area (Å²) in [5, 5.41) is 2.81. The van der Waals surface area contributed by atoms with Crippen molar-refractivity contribution in [1.82, 2.24) is 4.98 Å². The number of rotatable bonds is 6. The SMILES string of the molecule is CC(=O)c1c[nH]c(C(=O)O[C@@H](C)C(=O)Nc2ccccc2-c2ccccc2)c1. The zero-order chi connectivity index (χ0) is 20.1. The minimum Gasteiger partial charge on any atom is -0.448 e. The maximum Gasteiger partial charge on any atom is 0.355 e. The number of amides is 1. The number of carbonyl (C=O) groups is 3. The molecule has 0 spiro atoms. The second-order valence-electron chi connectivity index (χ2n) is 6.31. The first-order valence-electron chi connectivity index (χ1n) is 8.81. The van der Waals surface area contributed by atoms with Crippen LogP contribution in [0.25, 0.3) is 11.1 Å². The maximum absolute atomic E-state index is 12.5. The lowest BCUT2D eigenvalue weighted by Crippen LogP contribution is -2.30. The number of nitrogens with one attached hydrogen (secondary N) is 2. The number of H-pyrrole nitrogens is 1. The van der Waals surface area contributed by atoms with E-state index in [1.807, 2.05) is 48.5 Å². The fourth-order valence-electron chi connectivity index (χ4n) is 2.69. The number of Topliss-reactive ketones (excluding diaryl/α,β-unsaturated/α-hetero) is 1. The second-order valence-corrected chi connectivity index (χ2v) is 6.31. The van der Waals surface area contributed by atoms with E-state index in [1.165, 1.54) is 26.1 Å². The van der Waals surface area contributed by atoms with Crippen molar-refractivity contribution in [3.05, 3.63) is 78.1 Å². The summed E-state index contributed by atoms with van der Waals surface area (Å²) in [7, 11) is 0. The summed E-state index contributed by atoms with van der Waals surface area (Å²) in [6, 6.07) is 18.5. The molecule has 28 heavy (non-hydrogen) atoms. The third-order valence-electron chi connectivity index (χ3n) is 4.23. The number of aromatic amines is 1. The van der Waals surface area contributed by atoms with Gasteiger partial charge in [-0.3, -0.25) is 9.59 Å². The van der Waals surface area contributed by atoms with E-state index >= 15 is 0 Å². The van der Waals surface area contributed by atoms with Crippen molar-refractivity contribution in [2.24, 2.45) is 0 Å². The third kappa shape index (κ3) is 4.35. The highest BCUT2D eigenvalue weighted by atomic mass is 16.5. The number of para-hydroxylation sites is 1. The van der Waals surface area contributed by atoms with Crippen LogP contribution in [0.3, 0.4) is 0 Å². The average Bonchev–Trinajstić information content (AvgIpc) is 3.20. The largest absolute Gasteiger partial charge is 0.448 e. The molecule has 0 aliphatic carbocycles. The van der Waals surface area contributed by atoms with Gasteiger partial charge in [0, 0.05) is 23.0 Å². The molecule has 2 aromatic carbocycles. The zero-order valence-corrected chi connectivity index (χ0v) is 15.6. The van der Waals surface area contributed by atoms with Crippen molar-refractivity contribution in [3.63, 3.8) is 0 Å². The molecule has 0 aliphatic heterocycles. The Bertz CT molecular complexity index is 1010. The molecule has 0 fully saturated rings. The van der Waals surface area contributed by atoms with Crippen LogP contribution in [0.2, 0.25) is 0 Å². The van der Waals surface area contributed by atoms with Gasteiger partial charge >= 0.3 is 5.97 Å². The summed E-state index contributed by atoms with van der Waals surface area (Å²) >= 11 is 0. The first kappa shape index (κ1) is 19.1. The Labute approximate surface area is 162 Å². The number of hydrogen-bond donors (Lipinski definition) is 2. The number of carbonyl (C=O) groups excluding carboxylic acids is 3. The van der Waals surface area contributed by atoms with Gasteiger partial charge < -0.3 is 15.0 Å². The molecule has 1 heterocycles. The molecule has 0 saturated heterocycles. The van der Waals surface area contributed by atoms with Crippen molar-refractivity contribution in [1.29, 1.82) is 0 Å². The van der Waals surface area contributed by atoms with Gasteiger partial charge in [-0.1, -0.05) is 48.5 Å². The number of ether oxygens (including phenoxy) is 1. The molecular weight excluding hydrogens is 356 g/mol. The highest BCUT2D eigenvalue weighted by molar-refractivity contribution is 6.00. The van der Waals surface area contributed by atoms with Crippen LogP contribution >= 0.6 is 0 Å². The van der Waals surface area contributed by atoms with Crippen LogP contribution in [0.1, 0.15) is 34.7 Å². The number of aromatic nitrogens is 1. The Morgan fingerprint density at radius 2 is 1.68 bits per heavy atom. The van der Waals surface area contributed by atoms with Crippen molar-refractivity contribution < 1.29 is 19.1 Å². The molecule has 0 unspecified atom stereocenters. The van der Waals surface area contributed by atoms with Gasteiger partial charge in [-0.25, -0.2) is 4.79 Å². The van der Waals surface area contributed by atoms with Gasteiger partial charge in [-0.2, -0.15) is 0 Å². The van der Waals surface area contributed by atoms with Crippen molar-refractivity contribution in [2.45, 2.75) is 20.0 Å². The molecule has 142 valence electrons. The molecule has 6 nitrogen and oxygen atoms in total. The Kier molecular flexibility index (Phi) is 5.69. The summed E-state index contributed by atoms with van der Waals surface area (Å²) < 4.78 is 5.22. The van der Waals surface area contributed by atoms with Gasteiger partial charge in [-0.05, 0) is 31.5 Å². The van der Waals surface area contributed by atoms with Crippen molar-refractivity contribution in [2.75, 3.05) is 5.32 Å². The Balaban J connectivity index is 1.69. The molecule has 1 atom stereocenters. The van der Waals surface area contributed by atoms with E-state index < -0.39 is 18.0 Å². The van der Waals surface area contributed by atoms with E-state index in [-0.39, 0.29) is 11.5 Å². The van der Waals surface area contributed by atoms with Crippen LogP contribution in [0.4, 0.5) is 5.69 Å². The fraction of sp³-hybridized carbons (Fsp3) is 0.136. The lowest BCUT2D eigenvalue weighted by Gasteiger charge is -2.15. The summed E-state index contributed by atoms with van der Waals surface area (Å²) in [4.78, 5) is 38.7. The minimum atomic E-state index is -1.01. The number of anilines is 1. The van der Waals surface area contributed by atoms with Crippen LogP contribution in [0.5, 0.6) is 0 Å². The smallest absolute Gasteiger partial charge is 0.355 e. The first-order valence-corrected chi connectivity index (χ1v) is 8.81. The van der Waals surface area contributed by atoms with E-state index in [9.17, 15) is 14.4 Å². The Morgan fingerprint density at radius 1 is 1.00 bits per heavy atom. The van der Waals surface area contributed by atoms with Gasteiger partial charge in [-0.15, -0.1) is 0 Å². The fourth-order valence-corrected chi connectivity index (χ4v) is 2.69. The summed E-state index contributed by atoms with van der Waals surface area (Å²) in [5.74, 6) is -1.32. The van der Waals surface area contributed by atoms with Gasteiger partial charge in [0.15, 0.2) is 11.9 Å². The lowest BCUT2D eigenvalue weighted by atomic mass is 10.0. The standard InChI is InChI=1S/C22H20N2O4/c1-14(25)17-12-20(23-13-17)22(27)28-15(2)21(26)24-19-11-7-6-10-18(19)16-8-4-3-5-9-16/h3-13,15,23H,1-2H3,(H,24,26)/t15-/m0/s1. The third-order valence-corrected chi connectivity index (χ3v) is 4.23. The zero-order valence-electron chi connectivity index (χ0n) is 15.6. The van der Waals surface area contributed by atoms with Gasteiger partial charge in [0.1, 0.15) is 5.69 Å². The molecule has 1 amide bonds. The Hall–Kier alpha value is -3.67. The number of ketones is 1. The molecule has 2 N–H and O–H groups in total. The quantitative estimate of drug-likeness (QED) is 0.501. The van der Waals surface area contributed by atoms with Crippen LogP contribution < -0.4 is 5.32 Å². The monoisotopic (exact) mass is 376 g/mol. The molecule has 0 radical (unpaired) electrons. The summed E-state index contributed by atoms with van der Waals surface area (Å²) in [6.07, 6.45) is 0.417. The van der Waals surface area contributed by atoms with E-state index in [0.29, 0.717) is 11.3 Å². The van der Waals surface area contributed by atoms with Crippen LogP contribution in [-0.2, 0) is 9.53 Å². The lowest BCUT2D eigenvalue weighted by molar-refractivity contribution is -0.123. The molecule has 0 saturated carbocycles. The molecule has 0 bridgehead atoms. The molecule has 0 aliphatic rings. The highest BCUT2D eigenvalue weighted by Gasteiger charge is 2.21. The van der Waals surface area contributed by atoms with Crippen molar-refractivity contribution >= 4 is 23.3 Å². The molecular formula is C22H20N2O4. The molecule has 6 heteroatoms. The predicted molar refractivity (Wildman–Crippen MR) is 106 cm³/mol.